The molecule has 1 fully saturated rings. The highest BCUT2D eigenvalue weighted by Crippen LogP contribution is 2.18. The molecule has 0 heterocycles. The first-order chi connectivity index (χ1) is 12.9. The highest BCUT2D eigenvalue weighted by atomic mass is 16.3. The first-order valence-corrected chi connectivity index (χ1v) is 9.38. The molecule has 0 radical (unpaired) electrons. The summed E-state index contributed by atoms with van der Waals surface area (Å²) in [5.41, 5.74) is -1.88. The van der Waals surface area contributed by atoms with E-state index in [0.717, 1.165) is 12.8 Å². The monoisotopic (exact) mass is 400 g/mol. The van der Waals surface area contributed by atoms with Gasteiger partial charge in [-0.05, 0) is 40.5 Å². The topological polar surface area (TPSA) is 157 Å². The Hall–Kier alpha value is -2.20. The SMILES string of the molecule is CC(C)(CO)NC(=O)C(=O)N[C@@H]1CCCC[C@H]1NC(=O)C(=O)NC(C)(C)CO. The van der Waals surface area contributed by atoms with Crippen LogP contribution in [0.15, 0.2) is 0 Å². The zero-order valence-electron chi connectivity index (χ0n) is 16.9. The molecule has 6 N–H and O–H groups in total. The Morgan fingerprint density at radius 1 is 0.714 bits per heavy atom. The molecular weight excluding hydrogens is 368 g/mol. The van der Waals surface area contributed by atoms with Crippen molar-refractivity contribution in [2.75, 3.05) is 13.2 Å². The second kappa shape index (κ2) is 9.83. The molecular formula is C18H32N4O6. The van der Waals surface area contributed by atoms with Crippen LogP contribution in [0.25, 0.3) is 0 Å². The van der Waals surface area contributed by atoms with E-state index in [0.29, 0.717) is 12.8 Å². The van der Waals surface area contributed by atoms with Crippen molar-refractivity contribution in [3.8, 4) is 0 Å². The van der Waals surface area contributed by atoms with E-state index in [9.17, 15) is 29.4 Å². The fourth-order valence-corrected chi connectivity index (χ4v) is 2.75. The maximum atomic E-state index is 12.2. The van der Waals surface area contributed by atoms with Gasteiger partial charge >= 0.3 is 23.6 Å². The summed E-state index contributed by atoms with van der Waals surface area (Å²) in [6.07, 6.45) is 2.73. The Morgan fingerprint density at radius 3 is 1.32 bits per heavy atom. The van der Waals surface area contributed by atoms with Crippen LogP contribution in [0.2, 0.25) is 0 Å². The molecule has 10 nitrogen and oxygen atoms in total. The number of aliphatic hydroxyl groups excluding tert-OH is 2. The van der Waals surface area contributed by atoms with Crippen molar-refractivity contribution in [1.82, 2.24) is 21.3 Å². The van der Waals surface area contributed by atoms with Gasteiger partial charge < -0.3 is 31.5 Å². The van der Waals surface area contributed by atoms with Gasteiger partial charge in [-0.2, -0.15) is 0 Å². The third-order valence-electron chi connectivity index (χ3n) is 4.51. The predicted molar refractivity (Wildman–Crippen MR) is 101 cm³/mol. The van der Waals surface area contributed by atoms with Gasteiger partial charge in [-0.3, -0.25) is 19.2 Å². The minimum Gasteiger partial charge on any atom is -0.394 e. The molecule has 1 rings (SSSR count). The minimum absolute atomic E-state index is 0.326. The molecule has 0 saturated heterocycles. The summed E-state index contributed by atoms with van der Waals surface area (Å²) in [7, 11) is 0. The lowest BCUT2D eigenvalue weighted by Crippen LogP contribution is -2.60. The van der Waals surface area contributed by atoms with Gasteiger partial charge in [0.05, 0.1) is 24.3 Å². The van der Waals surface area contributed by atoms with Gasteiger partial charge in [-0.25, -0.2) is 0 Å². The normalized spacial score (nSPS) is 20.1. The van der Waals surface area contributed by atoms with Crippen molar-refractivity contribution in [1.29, 1.82) is 0 Å². The van der Waals surface area contributed by atoms with Crippen LogP contribution in [-0.4, -0.2) is 70.2 Å². The first kappa shape index (κ1) is 23.8. The van der Waals surface area contributed by atoms with Gasteiger partial charge in [0.15, 0.2) is 0 Å². The van der Waals surface area contributed by atoms with E-state index < -0.39 is 46.8 Å². The third kappa shape index (κ3) is 7.43. The van der Waals surface area contributed by atoms with Gasteiger partial charge in [0.25, 0.3) is 0 Å². The number of hydrogen-bond acceptors (Lipinski definition) is 6. The van der Waals surface area contributed by atoms with E-state index >= 15 is 0 Å². The van der Waals surface area contributed by atoms with Crippen molar-refractivity contribution in [3.63, 3.8) is 0 Å². The largest absolute Gasteiger partial charge is 0.394 e. The highest BCUT2D eigenvalue weighted by molar-refractivity contribution is 6.36. The fourth-order valence-electron chi connectivity index (χ4n) is 2.75. The Kier molecular flexibility index (Phi) is 8.37. The quantitative estimate of drug-likeness (QED) is 0.292. The number of hydrogen-bond donors (Lipinski definition) is 6. The molecule has 0 unspecified atom stereocenters. The predicted octanol–water partition coefficient (Wildman–Crippen LogP) is -1.70. The molecule has 0 bridgehead atoms. The number of rotatable bonds is 6. The van der Waals surface area contributed by atoms with Gasteiger partial charge in [-0.1, -0.05) is 12.8 Å². The van der Waals surface area contributed by atoms with Gasteiger partial charge in [0.1, 0.15) is 0 Å². The lowest BCUT2D eigenvalue weighted by molar-refractivity contribution is -0.142. The molecule has 1 aliphatic carbocycles. The van der Waals surface area contributed by atoms with Crippen molar-refractivity contribution >= 4 is 23.6 Å². The average Bonchev–Trinajstić information content (AvgIpc) is 2.62. The molecule has 0 aromatic heterocycles. The zero-order valence-corrected chi connectivity index (χ0v) is 16.9. The second-order valence-electron chi connectivity index (χ2n) is 8.44. The number of amides is 4. The summed E-state index contributed by atoms with van der Waals surface area (Å²) in [5.74, 6) is -3.48. The van der Waals surface area contributed by atoms with Crippen molar-refractivity contribution in [3.05, 3.63) is 0 Å². The summed E-state index contributed by atoms with van der Waals surface area (Å²) in [6.45, 7) is 5.66. The van der Waals surface area contributed by atoms with Crippen LogP contribution in [0.3, 0.4) is 0 Å². The molecule has 10 heteroatoms. The standard InChI is InChI=1S/C18H32N4O6/c1-17(2,9-23)21-15(27)13(25)19-11-7-5-6-8-12(11)20-14(26)16(28)22-18(3,4)10-24/h11-12,23-24H,5-10H2,1-4H3,(H,19,25)(H,20,26)(H,21,27)(H,22,28)/t11-,12-/m1/s1. The summed E-state index contributed by atoms with van der Waals surface area (Å²) in [4.78, 5) is 48.4. The van der Waals surface area contributed by atoms with E-state index in [1.54, 1.807) is 27.7 Å². The van der Waals surface area contributed by atoms with Crippen molar-refractivity contribution in [2.45, 2.75) is 76.5 Å². The zero-order chi connectivity index (χ0) is 21.5. The molecule has 0 aromatic carbocycles. The average molecular weight is 400 g/mol. The van der Waals surface area contributed by atoms with Crippen LogP contribution in [-0.2, 0) is 19.2 Å². The lowest BCUT2D eigenvalue weighted by atomic mass is 9.90. The van der Waals surface area contributed by atoms with E-state index in [1.165, 1.54) is 0 Å². The van der Waals surface area contributed by atoms with E-state index in [1.807, 2.05) is 0 Å². The molecule has 0 aliphatic heterocycles. The molecule has 2 atom stereocenters. The molecule has 28 heavy (non-hydrogen) atoms. The first-order valence-electron chi connectivity index (χ1n) is 9.38. The molecule has 0 spiro atoms. The van der Waals surface area contributed by atoms with Gasteiger partial charge in [-0.15, -0.1) is 0 Å². The van der Waals surface area contributed by atoms with E-state index in [-0.39, 0.29) is 13.2 Å². The summed E-state index contributed by atoms with van der Waals surface area (Å²) in [5, 5.41) is 28.4. The maximum absolute atomic E-state index is 12.2. The fraction of sp³-hybridized carbons (Fsp3) is 0.778. The smallest absolute Gasteiger partial charge is 0.309 e. The molecule has 1 aliphatic rings. The van der Waals surface area contributed by atoms with Crippen LogP contribution in [0.4, 0.5) is 0 Å². The van der Waals surface area contributed by atoms with Gasteiger partial charge in [0, 0.05) is 12.1 Å². The van der Waals surface area contributed by atoms with E-state index in [2.05, 4.69) is 21.3 Å². The molecule has 0 aromatic rings. The third-order valence-corrected chi connectivity index (χ3v) is 4.51. The minimum atomic E-state index is -0.938. The Balaban J connectivity index is 2.68. The number of aliphatic hydroxyl groups is 2. The van der Waals surface area contributed by atoms with Crippen LogP contribution in [0, 0.1) is 0 Å². The second-order valence-corrected chi connectivity index (χ2v) is 8.44. The van der Waals surface area contributed by atoms with Crippen LogP contribution < -0.4 is 21.3 Å². The number of carbonyl (C=O) groups is 4. The lowest BCUT2D eigenvalue weighted by Gasteiger charge is -2.33. The highest BCUT2D eigenvalue weighted by Gasteiger charge is 2.33. The van der Waals surface area contributed by atoms with Gasteiger partial charge in [0.2, 0.25) is 0 Å². The van der Waals surface area contributed by atoms with E-state index in [4.69, 9.17) is 0 Å². The van der Waals surface area contributed by atoms with Crippen LogP contribution >= 0.6 is 0 Å². The summed E-state index contributed by atoms with van der Waals surface area (Å²) >= 11 is 0. The molecule has 4 amide bonds. The summed E-state index contributed by atoms with van der Waals surface area (Å²) < 4.78 is 0. The summed E-state index contributed by atoms with van der Waals surface area (Å²) in [6, 6.07) is -0.987. The number of nitrogens with one attached hydrogen (secondary N) is 4. The van der Waals surface area contributed by atoms with Crippen LogP contribution in [0.1, 0.15) is 53.4 Å². The Labute approximate surface area is 164 Å². The molecule has 1 saturated carbocycles. The van der Waals surface area contributed by atoms with Crippen LogP contribution in [0.5, 0.6) is 0 Å². The maximum Gasteiger partial charge on any atom is 0.309 e. The molecule has 160 valence electrons. The number of carbonyl (C=O) groups excluding carboxylic acids is 4. The van der Waals surface area contributed by atoms with Crippen molar-refractivity contribution in [2.24, 2.45) is 0 Å². The Bertz CT molecular complexity index is 553. The van der Waals surface area contributed by atoms with Crippen molar-refractivity contribution < 1.29 is 29.4 Å². The Morgan fingerprint density at radius 2 is 1.04 bits per heavy atom.